The van der Waals surface area contributed by atoms with E-state index in [1.807, 2.05) is 0 Å². The van der Waals surface area contributed by atoms with Crippen LogP contribution in [0.5, 0.6) is 0 Å². The summed E-state index contributed by atoms with van der Waals surface area (Å²) in [6, 6.07) is 7.64. The number of hydrogen-bond donors (Lipinski definition) is 1. The summed E-state index contributed by atoms with van der Waals surface area (Å²) in [4.78, 5) is 27.4. The van der Waals surface area contributed by atoms with Gasteiger partial charge in [-0.3, -0.25) is 9.59 Å². The second kappa shape index (κ2) is 5.59. The van der Waals surface area contributed by atoms with Crippen molar-refractivity contribution in [1.29, 1.82) is 0 Å². The smallest absolute Gasteiger partial charge is 0.212 e. The normalized spacial score (nSPS) is 23.8. The molecule has 0 unspecified atom stereocenters. The number of allylic oxidation sites excluding steroid dienone is 2. The summed E-state index contributed by atoms with van der Waals surface area (Å²) in [5.74, 6) is -0.324. The monoisotopic (exact) mass is 298 g/mol. The molecule has 2 N–H and O–H groups in total. The highest BCUT2D eigenvalue weighted by Gasteiger charge is 2.51. The molecular formula is C18H22N2O2. The van der Waals surface area contributed by atoms with Gasteiger partial charge in [-0.1, -0.05) is 51.0 Å². The minimum absolute atomic E-state index is 0.104. The Kier molecular flexibility index (Phi) is 3.77. The largest absolute Gasteiger partial charge is 0.394 e. The third kappa shape index (κ3) is 2.14. The van der Waals surface area contributed by atoms with Gasteiger partial charge in [-0.2, -0.15) is 0 Å². The van der Waals surface area contributed by atoms with Crippen molar-refractivity contribution in [3.05, 3.63) is 46.8 Å². The summed E-state index contributed by atoms with van der Waals surface area (Å²) in [5, 5.41) is 0. The van der Waals surface area contributed by atoms with E-state index in [0.717, 1.165) is 25.7 Å². The van der Waals surface area contributed by atoms with E-state index in [1.165, 1.54) is 0 Å². The molecule has 1 aromatic carbocycles. The van der Waals surface area contributed by atoms with Gasteiger partial charge in [0.05, 0.1) is 0 Å². The Balaban J connectivity index is 1.99. The Labute approximate surface area is 131 Å². The van der Waals surface area contributed by atoms with Crippen LogP contribution in [0.4, 0.5) is 0 Å². The minimum Gasteiger partial charge on any atom is -0.394 e. The first-order chi connectivity index (χ1) is 10.6. The molecule has 1 fully saturated rings. The highest BCUT2D eigenvalue weighted by atomic mass is 16.1. The molecule has 2 atom stereocenters. The standard InChI is InChI=1S/C18H22N2O2/c1-3-7-13-14(8-4-2)20(13)16-15(19)17(21)11-9-5-6-10-12(11)18(16)22/h5-6,9-10,13-14H,3-4,7-8,19H2,1-2H3/t13-,14-/m0/s1. The van der Waals surface area contributed by atoms with Crippen LogP contribution in [0.15, 0.2) is 35.7 Å². The number of ketones is 2. The molecule has 1 heterocycles. The van der Waals surface area contributed by atoms with Crippen LogP contribution in [0, 0.1) is 0 Å². The van der Waals surface area contributed by atoms with Crippen molar-refractivity contribution in [2.75, 3.05) is 0 Å². The fourth-order valence-corrected chi connectivity index (χ4v) is 3.56. The molecule has 0 radical (unpaired) electrons. The average Bonchev–Trinajstić information content (AvgIpc) is 3.18. The van der Waals surface area contributed by atoms with Crippen LogP contribution in [0.2, 0.25) is 0 Å². The minimum atomic E-state index is -0.220. The lowest BCUT2D eigenvalue weighted by Crippen LogP contribution is -2.30. The van der Waals surface area contributed by atoms with Gasteiger partial charge in [-0.15, -0.1) is 0 Å². The molecule has 1 aliphatic heterocycles. The number of rotatable bonds is 5. The molecule has 0 saturated carbocycles. The number of benzene rings is 1. The molecule has 1 aliphatic carbocycles. The van der Waals surface area contributed by atoms with Gasteiger partial charge < -0.3 is 10.6 Å². The van der Waals surface area contributed by atoms with Gasteiger partial charge in [0.2, 0.25) is 11.6 Å². The Hall–Kier alpha value is -2.10. The molecule has 4 nitrogen and oxygen atoms in total. The second-order valence-corrected chi connectivity index (χ2v) is 6.09. The zero-order valence-electron chi connectivity index (χ0n) is 13.1. The predicted molar refractivity (Wildman–Crippen MR) is 85.5 cm³/mol. The first kappa shape index (κ1) is 14.8. The third-order valence-electron chi connectivity index (χ3n) is 4.63. The number of carbonyl (C=O) groups is 2. The average molecular weight is 298 g/mol. The van der Waals surface area contributed by atoms with Crippen molar-refractivity contribution in [3.63, 3.8) is 0 Å². The van der Waals surface area contributed by atoms with E-state index in [2.05, 4.69) is 18.7 Å². The van der Waals surface area contributed by atoms with Crippen molar-refractivity contribution in [3.8, 4) is 0 Å². The van der Waals surface area contributed by atoms with Gasteiger partial charge in [0.1, 0.15) is 11.4 Å². The van der Waals surface area contributed by atoms with Crippen LogP contribution < -0.4 is 5.73 Å². The SMILES string of the molecule is CCC[C@H]1[C@H](CCC)N1C1=C(N)C(=O)c2ccccc2C1=O. The van der Waals surface area contributed by atoms with Crippen LogP contribution in [0.1, 0.15) is 60.2 Å². The first-order valence-electron chi connectivity index (χ1n) is 8.08. The van der Waals surface area contributed by atoms with E-state index in [4.69, 9.17) is 5.73 Å². The highest BCUT2D eigenvalue weighted by Crippen LogP contribution is 2.42. The summed E-state index contributed by atoms with van der Waals surface area (Å²) < 4.78 is 0. The lowest BCUT2D eigenvalue weighted by atomic mass is 9.90. The summed E-state index contributed by atoms with van der Waals surface area (Å²) in [6.07, 6.45) is 4.19. The molecule has 2 aliphatic rings. The fourth-order valence-electron chi connectivity index (χ4n) is 3.56. The van der Waals surface area contributed by atoms with Crippen molar-refractivity contribution < 1.29 is 9.59 Å². The van der Waals surface area contributed by atoms with Crippen molar-refractivity contribution in [2.24, 2.45) is 5.73 Å². The van der Waals surface area contributed by atoms with E-state index in [-0.39, 0.29) is 17.3 Å². The summed E-state index contributed by atoms with van der Waals surface area (Å²) in [6.45, 7) is 4.28. The Morgan fingerprint density at radius 1 is 0.955 bits per heavy atom. The zero-order valence-corrected chi connectivity index (χ0v) is 13.1. The lowest BCUT2D eigenvalue weighted by molar-refractivity contribution is 0.0956. The fraction of sp³-hybridized carbons (Fsp3) is 0.444. The van der Waals surface area contributed by atoms with E-state index in [1.54, 1.807) is 24.3 Å². The molecule has 0 amide bonds. The second-order valence-electron chi connectivity index (χ2n) is 6.09. The van der Waals surface area contributed by atoms with Crippen LogP contribution in [0.3, 0.4) is 0 Å². The lowest BCUT2D eigenvalue weighted by Gasteiger charge is -2.20. The van der Waals surface area contributed by atoms with E-state index >= 15 is 0 Å². The molecule has 0 bridgehead atoms. The predicted octanol–water partition coefficient (Wildman–Crippen LogP) is 2.89. The third-order valence-corrected chi connectivity index (χ3v) is 4.63. The molecule has 0 aromatic heterocycles. The van der Waals surface area contributed by atoms with Crippen LogP contribution >= 0.6 is 0 Å². The summed E-state index contributed by atoms with van der Waals surface area (Å²) in [5.41, 5.74) is 7.50. The molecule has 0 spiro atoms. The number of fused-ring (bicyclic) bond motifs is 1. The van der Waals surface area contributed by atoms with E-state index in [9.17, 15) is 9.59 Å². The van der Waals surface area contributed by atoms with Gasteiger partial charge in [-0.25, -0.2) is 0 Å². The Morgan fingerprint density at radius 2 is 1.45 bits per heavy atom. The number of carbonyl (C=O) groups excluding carboxylic acids is 2. The van der Waals surface area contributed by atoms with E-state index < -0.39 is 0 Å². The molecular weight excluding hydrogens is 276 g/mol. The van der Waals surface area contributed by atoms with Gasteiger partial charge in [0.25, 0.3) is 0 Å². The number of nitrogens with zero attached hydrogens (tertiary/aromatic N) is 1. The van der Waals surface area contributed by atoms with Crippen molar-refractivity contribution >= 4 is 11.6 Å². The number of hydrogen-bond acceptors (Lipinski definition) is 4. The van der Waals surface area contributed by atoms with Gasteiger partial charge in [0.15, 0.2) is 0 Å². The highest BCUT2D eigenvalue weighted by molar-refractivity contribution is 6.26. The van der Waals surface area contributed by atoms with E-state index in [0.29, 0.717) is 28.9 Å². The Morgan fingerprint density at radius 3 is 1.95 bits per heavy atom. The summed E-state index contributed by atoms with van der Waals surface area (Å²) in [7, 11) is 0. The van der Waals surface area contributed by atoms with Gasteiger partial charge in [-0.05, 0) is 12.8 Å². The van der Waals surface area contributed by atoms with Crippen LogP contribution in [-0.4, -0.2) is 28.6 Å². The molecule has 116 valence electrons. The van der Waals surface area contributed by atoms with Crippen LogP contribution in [-0.2, 0) is 0 Å². The number of Topliss-reactive ketones (excluding diaryl/α,β-unsaturated/α-hetero) is 2. The topological polar surface area (TPSA) is 63.2 Å². The maximum Gasteiger partial charge on any atom is 0.212 e. The molecule has 1 saturated heterocycles. The molecule has 3 rings (SSSR count). The van der Waals surface area contributed by atoms with Crippen molar-refractivity contribution in [2.45, 2.75) is 51.6 Å². The van der Waals surface area contributed by atoms with Gasteiger partial charge in [0, 0.05) is 23.2 Å². The number of nitrogens with two attached hydrogens (primary N) is 1. The molecule has 22 heavy (non-hydrogen) atoms. The zero-order chi connectivity index (χ0) is 15.9. The molecule has 1 aromatic rings. The quantitative estimate of drug-likeness (QED) is 0.849. The Bertz CT molecular complexity index is 651. The van der Waals surface area contributed by atoms with Crippen molar-refractivity contribution in [1.82, 2.24) is 4.90 Å². The maximum atomic E-state index is 12.8. The van der Waals surface area contributed by atoms with Crippen LogP contribution in [0.25, 0.3) is 0 Å². The molecule has 4 heteroatoms. The van der Waals surface area contributed by atoms with Gasteiger partial charge >= 0.3 is 0 Å². The summed E-state index contributed by atoms with van der Waals surface area (Å²) >= 11 is 0. The first-order valence-corrected chi connectivity index (χ1v) is 8.08. The maximum absolute atomic E-state index is 12.8.